The number of hydrogen-bond acceptors (Lipinski definition) is 5. The zero-order valence-corrected chi connectivity index (χ0v) is 12.9. The number of nitrogen functional groups attached to an aromatic ring is 1. The number of rotatable bonds is 6. The summed E-state index contributed by atoms with van der Waals surface area (Å²) in [6, 6.07) is 10.1. The van der Waals surface area contributed by atoms with E-state index in [9.17, 15) is 0 Å². The van der Waals surface area contributed by atoms with E-state index in [4.69, 9.17) is 5.73 Å². The van der Waals surface area contributed by atoms with Crippen LogP contribution in [-0.2, 0) is 6.42 Å². The smallest absolute Gasteiger partial charge is 0.136 e. The Morgan fingerprint density at radius 1 is 1.05 bits per heavy atom. The quantitative estimate of drug-likeness (QED) is 0.853. The van der Waals surface area contributed by atoms with Crippen LogP contribution >= 0.6 is 0 Å². The second kappa shape index (κ2) is 6.92. The number of nitrogens with one attached hydrogen (secondary N) is 1. The Morgan fingerprint density at radius 2 is 1.71 bits per heavy atom. The first-order valence-corrected chi connectivity index (χ1v) is 7.41. The summed E-state index contributed by atoms with van der Waals surface area (Å²) in [5, 5.41) is 3.27. The Kier molecular flexibility index (Phi) is 4.98. The van der Waals surface area contributed by atoms with Crippen LogP contribution in [0.5, 0.6) is 0 Å². The molecule has 5 heteroatoms. The average molecular weight is 285 g/mol. The molecule has 0 unspecified atom stereocenters. The minimum absolute atomic E-state index is 0.490. The molecule has 0 atom stereocenters. The number of hydrogen-bond donors (Lipinski definition) is 2. The minimum atomic E-state index is 0.490. The van der Waals surface area contributed by atoms with Gasteiger partial charge in [-0.2, -0.15) is 0 Å². The van der Waals surface area contributed by atoms with Crippen molar-refractivity contribution in [2.75, 3.05) is 29.0 Å². The number of benzene rings is 1. The van der Waals surface area contributed by atoms with Crippen LogP contribution in [-0.4, -0.2) is 23.1 Å². The van der Waals surface area contributed by atoms with Gasteiger partial charge in [-0.05, 0) is 38.1 Å². The first-order valence-electron chi connectivity index (χ1n) is 7.41. The highest BCUT2D eigenvalue weighted by molar-refractivity contribution is 5.62. The predicted molar refractivity (Wildman–Crippen MR) is 89.1 cm³/mol. The fourth-order valence-corrected chi connectivity index (χ4v) is 2.23. The van der Waals surface area contributed by atoms with Crippen LogP contribution in [0.3, 0.4) is 0 Å². The molecule has 2 aromatic rings. The summed E-state index contributed by atoms with van der Waals surface area (Å²) < 4.78 is 0. The fraction of sp³-hybridized carbons (Fsp3) is 0.375. The number of aromatic nitrogens is 2. The zero-order valence-electron chi connectivity index (χ0n) is 12.9. The molecular formula is C16H23N5. The van der Waals surface area contributed by atoms with E-state index in [1.807, 2.05) is 6.92 Å². The lowest BCUT2D eigenvalue weighted by molar-refractivity contribution is 0.866. The molecule has 0 aliphatic carbocycles. The Bertz CT molecular complexity index is 576. The summed E-state index contributed by atoms with van der Waals surface area (Å²) in [7, 11) is 0. The molecule has 0 saturated heterocycles. The van der Waals surface area contributed by atoms with Crippen LogP contribution in [0, 0.1) is 0 Å². The molecule has 0 amide bonds. The maximum atomic E-state index is 5.79. The molecule has 0 bridgehead atoms. The number of nitrogens with two attached hydrogens (primary N) is 1. The topological polar surface area (TPSA) is 67.1 Å². The van der Waals surface area contributed by atoms with E-state index in [0.717, 1.165) is 36.8 Å². The molecule has 2 rings (SSSR count). The first kappa shape index (κ1) is 15.1. The van der Waals surface area contributed by atoms with E-state index >= 15 is 0 Å². The van der Waals surface area contributed by atoms with Gasteiger partial charge in [-0.3, -0.25) is 0 Å². The predicted octanol–water partition coefficient (Wildman–Crippen LogP) is 3.21. The van der Waals surface area contributed by atoms with Gasteiger partial charge in [0.05, 0.1) is 0 Å². The average Bonchev–Trinajstić information content (AvgIpc) is 2.49. The van der Waals surface area contributed by atoms with Crippen LogP contribution in [0.4, 0.5) is 23.0 Å². The van der Waals surface area contributed by atoms with Gasteiger partial charge in [-0.1, -0.05) is 6.92 Å². The van der Waals surface area contributed by atoms with Crippen molar-refractivity contribution in [3.8, 4) is 0 Å². The van der Waals surface area contributed by atoms with Gasteiger partial charge in [0.1, 0.15) is 17.5 Å². The van der Waals surface area contributed by atoms with Crippen molar-refractivity contribution in [1.82, 2.24) is 9.97 Å². The molecule has 21 heavy (non-hydrogen) atoms. The van der Waals surface area contributed by atoms with Crippen molar-refractivity contribution in [2.45, 2.75) is 27.2 Å². The van der Waals surface area contributed by atoms with Gasteiger partial charge in [0.2, 0.25) is 0 Å². The second-order valence-corrected chi connectivity index (χ2v) is 4.79. The van der Waals surface area contributed by atoms with Crippen molar-refractivity contribution >= 4 is 23.0 Å². The van der Waals surface area contributed by atoms with Crippen LogP contribution in [0.15, 0.2) is 30.3 Å². The van der Waals surface area contributed by atoms with Gasteiger partial charge in [0.25, 0.3) is 0 Å². The van der Waals surface area contributed by atoms with E-state index in [1.165, 1.54) is 5.69 Å². The lowest BCUT2D eigenvalue weighted by Crippen LogP contribution is -2.21. The highest BCUT2D eigenvalue weighted by atomic mass is 15.1. The van der Waals surface area contributed by atoms with Crippen LogP contribution in [0.1, 0.15) is 26.6 Å². The Morgan fingerprint density at radius 3 is 2.29 bits per heavy atom. The molecule has 1 aromatic carbocycles. The zero-order chi connectivity index (χ0) is 15.2. The number of nitrogens with zero attached hydrogens (tertiary/aromatic N) is 3. The third-order valence-electron chi connectivity index (χ3n) is 3.38. The third kappa shape index (κ3) is 3.84. The summed E-state index contributed by atoms with van der Waals surface area (Å²) in [6.45, 7) is 8.34. The summed E-state index contributed by atoms with van der Waals surface area (Å²) in [5.74, 6) is 1.97. The van der Waals surface area contributed by atoms with Gasteiger partial charge >= 0.3 is 0 Å². The Balaban J connectivity index is 2.15. The molecule has 1 aromatic heterocycles. The van der Waals surface area contributed by atoms with E-state index in [0.29, 0.717) is 5.82 Å². The first-order chi connectivity index (χ1) is 10.2. The summed E-state index contributed by atoms with van der Waals surface area (Å²) in [6.07, 6.45) is 0.765. The highest BCUT2D eigenvalue weighted by Crippen LogP contribution is 2.21. The molecule has 0 aliphatic rings. The van der Waals surface area contributed by atoms with E-state index in [2.05, 4.69) is 58.3 Å². The van der Waals surface area contributed by atoms with Crippen LogP contribution in [0.25, 0.3) is 0 Å². The lowest BCUT2D eigenvalue weighted by Gasteiger charge is -2.21. The van der Waals surface area contributed by atoms with Gasteiger partial charge in [0.15, 0.2) is 0 Å². The summed E-state index contributed by atoms with van der Waals surface area (Å²) in [5.41, 5.74) is 8.01. The summed E-state index contributed by atoms with van der Waals surface area (Å²) >= 11 is 0. The lowest BCUT2D eigenvalue weighted by atomic mass is 10.2. The Hall–Kier alpha value is -2.30. The standard InChI is InChI=1S/C16H23N5/c1-4-15-19-14(17)11-16(20-15)18-12-7-9-13(10-8-12)21(5-2)6-3/h7-11H,4-6H2,1-3H3,(H3,17,18,19,20). The molecule has 3 N–H and O–H groups in total. The molecule has 1 heterocycles. The normalized spacial score (nSPS) is 10.4. The van der Waals surface area contributed by atoms with Gasteiger partial charge in [-0.25, -0.2) is 9.97 Å². The molecule has 0 radical (unpaired) electrons. The fourth-order valence-electron chi connectivity index (χ4n) is 2.23. The monoisotopic (exact) mass is 285 g/mol. The molecule has 5 nitrogen and oxygen atoms in total. The van der Waals surface area contributed by atoms with Crippen molar-refractivity contribution < 1.29 is 0 Å². The SMILES string of the molecule is CCc1nc(N)cc(Nc2ccc(N(CC)CC)cc2)n1. The van der Waals surface area contributed by atoms with E-state index in [1.54, 1.807) is 6.07 Å². The van der Waals surface area contributed by atoms with Gasteiger partial charge < -0.3 is 16.0 Å². The molecule has 112 valence electrons. The van der Waals surface area contributed by atoms with E-state index in [-0.39, 0.29) is 0 Å². The maximum Gasteiger partial charge on any atom is 0.136 e. The van der Waals surface area contributed by atoms with E-state index < -0.39 is 0 Å². The van der Waals surface area contributed by atoms with Gasteiger partial charge in [-0.15, -0.1) is 0 Å². The Labute approximate surface area is 126 Å². The molecule has 0 spiro atoms. The van der Waals surface area contributed by atoms with Crippen molar-refractivity contribution in [3.05, 3.63) is 36.2 Å². The highest BCUT2D eigenvalue weighted by Gasteiger charge is 2.04. The van der Waals surface area contributed by atoms with Crippen molar-refractivity contribution in [3.63, 3.8) is 0 Å². The van der Waals surface area contributed by atoms with Crippen molar-refractivity contribution in [2.24, 2.45) is 0 Å². The molecule has 0 saturated carbocycles. The molecular weight excluding hydrogens is 262 g/mol. The number of anilines is 4. The summed E-state index contributed by atoms with van der Waals surface area (Å²) in [4.78, 5) is 10.9. The third-order valence-corrected chi connectivity index (χ3v) is 3.38. The number of aryl methyl sites for hydroxylation is 1. The van der Waals surface area contributed by atoms with Gasteiger partial charge in [0, 0.05) is 37.0 Å². The molecule has 0 fully saturated rings. The maximum absolute atomic E-state index is 5.79. The van der Waals surface area contributed by atoms with Crippen LogP contribution in [0.2, 0.25) is 0 Å². The van der Waals surface area contributed by atoms with Crippen LogP contribution < -0.4 is 16.0 Å². The minimum Gasteiger partial charge on any atom is -0.384 e. The second-order valence-electron chi connectivity index (χ2n) is 4.79. The molecule has 0 aliphatic heterocycles. The van der Waals surface area contributed by atoms with Crippen molar-refractivity contribution in [1.29, 1.82) is 0 Å². The largest absolute Gasteiger partial charge is 0.384 e.